The van der Waals surface area contributed by atoms with E-state index in [0.717, 1.165) is 30.0 Å². The number of sulfonamides is 2. The first-order valence-corrected chi connectivity index (χ1v) is 15.7. The van der Waals surface area contributed by atoms with Crippen molar-refractivity contribution in [3.8, 4) is 5.75 Å². The number of ether oxygens (including phenoxy) is 1. The molecule has 1 fully saturated rings. The molecule has 0 aromatic heterocycles. The zero-order chi connectivity index (χ0) is 28.0. The highest BCUT2D eigenvalue weighted by Gasteiger charge is 2.28. The fourth-order valence-electron chi connectivity index (χ4n) is 4.32. The summed E-state index contributed by atoms with van der Waals surface area (Å²) in [6, 6.07) is 18.0. The van der Waals surface area contributed by atoms with Crippen LogP contribution in [0.5, 0.6) is 5.75 Å². The van der Waals surface area contributed by atoms with E-state index in [9.17, 15) is 21.6 Å². The van der Waals surface area contributed by atoms with Gasteiger partial charge in [0, 0.05) is 18.8 Å². The van der Waals surface area contributed by atoms with E-state index >= 15 is 0 Å². The lowest BCUT2D eigenvalue weighted by Gasteiger charge is -2.24. The van der Waals surface area contributed by atoms with Gasteiger partial charge in [-0.2, -0.15) is 4.31 Å². The van der Waals surface area contributed by atoms with E-state index in [1.54, 1.807) is 18.2 Å². The van der Waals surface area contributed by atoms with E-state index < -0.39 is 32.5 Å². The zero-order valence-electron chi connectivity index (χ0n) is 21.4. The van der Waals surface area contributed by atoms with Gasteiger partial charge in [0.25, 0.3) is 10.0 Å². The second-order valence-electron chi connectivity index (χ2n) is 9.03. The van der Waals surface area contributed by atoms with Crippen molar-refractivity contribution in [1.29, 1.82) is 0 Å². The quantitative estimate of drug-likeness (QED) is 0.384. The molecule has 1 saturated heterocycles. The number of carbonyl (C=O) groups excluding carboxylic acids is 1. The topological polar surface area (TPSA) is 113 Å². The average molecular weight is 592 g/mol. The molecule has 3 aromatic rings. The Morgan fingerprint density at radius 1 is 0.897 bits per heavy atom. The number of hydrogen-bond acceptors (Lipinski definition) is 6. The Bertz CT molecular complexity index is 1510. The number of anilines is 2. The van der Waals surface area contributed by atoms with Crippen molar-refractivity contribution in [2.24, 2.45) is 0 Å². The highest BCUT2D eigenvalue weighted by atomic mass is 35.5. The predicted molar refractivity (Wildman–Crippen MR) is 151 cm³/mol. The summed E-state index contributed by atoms with van der Waals surface area (Å²) in [5.74, 6) is -0.262. The summed E-state index contributed by atoms with van der Waals surface area (Å²) in [5, 5.41) is 2.85. The molecule has 1 aliphatic rings. The first-order chi connectivity index (χ1) is 18.6. The maximum absolute atomic E-state index is 13.5. The third kappa shape index (κ3) is 6.73. The van der Waals surface area contributed by atoms with Crippen LogP contribution in [0, 0.1) is 0 Å². The molecule has 9 nitrogen and oxygen atoms in total. The number of carbonyl (C=O) groups is 1. The molecular formula is C27H30ClN3O6S2. The molecule has 1 heterocycles. The summed E-state index contributed by atoms with van der Waals surface area (Å²) >= 11 is 6.25. The minimum atomic E-state index is -4.13. The number of nitrogens with zero attached hydrogens (tertiary/aromatic N) is 2. The second kappa shape index (κ2) is 12.4. The Morgan fingerprint density at radius 2 is 1.54 bits per heavy atom. The third-order valence-electron chi connectivity index (χ3n) is 6.38. The van der Waals surface area contributed by atoms with Crippen molar-refractivity contribution in [2.45, 2.75) is 35.5 Å². The van der Waals surface area contributed by atoms with Crippen LogP contribution in [0.3, 0.4) is 0 Å². The van der Waals surface area contributed by atoms with Crippen LogP contribution in [-0.4, -0.2) is 53.8 Å². The Balaban J connectivity index is 1.55. The molecule has 1 aliphatic heterocycles. The number of nitrogens with one attached hydrogen (secondary N) is 1. The lowest BCUT2D eigenvalue weighted by molar-refractivity contribution is -0.114. The lowest BCUT2D eigenvalue weighted by atomic mass is 10.2. The number of rotatable bonds is 9. The normalized spacial score (nSPS) is 14.8. The van der Waals surface area contributed by atoms with Crippen LogP contribution in [0.1, 0.15) is 25.7 Å². The average Bonchev–Trinajstić information content (AvgIpc) is 3.23. The van der Waals surface area contributed by atoms with Crippen LogP contribution in [0.2, 0.25) is 5.02 Å². The molecule has 0 saturated carbocycles. The van der Waals surface area contributed by atoms with E-state index in [1.165, 1.54) is 66.0 Å². The largest absolute Gasteiger partial charge is 0.495 e. The van der Waals surface area contributed by atoms with Gasteiger partial charge in [0.05, 0.1) is 27.6 Å². The van der Waals surface area contributed by atoms with Crippen LogP contribution in [0.4, 0.5) is 11.4 Å². The van der Waals surface area contributed by atoms with Crippen LogP contribution >= 0.6 is 11.6 Å². The Kier molecular flexibility index (Phi) is 9.16. The van der Waals surface area contributed by atoms with Gasteiger partial charge in [0.2, 0.25) is 15.9 Å². The van der Waals surface area contributed by atoms with Crippen molar-refractivity contribution < 1.29 is 26.4 Å². The van der Waals surface area contributed by atoms with E-state index in [1.807, 2.05) is 0 Å². The van der Waals surface area contributed by atoms with Crippen molar-refractivity contribution >= 4 is 48.9 Å². The standard InChI is InChI=1S/C27H30ClN3O6S2/c1-37-26-16-13-22(19-25(26)28)31(39(35,36)23-9-5-4-6-10-23)20-27(32)29-21-11-14-24(15-12-21)38(33,34)30-17-7-2-3-8-18-30/h4-6,9-16,19H,2-3,7-8,17-18,20H2,1H3,(H,29,32). The van der Waals surface area contributed by atoms with E-state index in [-0.39, 0.29) is 20.5 Å². The molecule has 4 rings (SSSR count). The molecule has 12 heteroatoms. The van der Waals surface area contributed by atoms with Gasteiger partial charge in [0.1, 0.15) is 12.3 Å². The number of benzene rings is 3. The maximum atomic E-state index is 13.5. The zero-order valence-corrected chi connectivity index (χ0v) is 23.8. The molecule has 0 spiro atoms. The predicted octanol–water partition coefficient (Wildman–Crippen LogP) is 4.75. The Hall–Kier alpha value is -3.12. The third-order valence-corrected chi connectivity index (χ3v) is 10.4. The van der Waals surface area contributed by atoms with Crippen molar-refractivity contribution in [2.75, 3.05) is 36.4 Å². The van der Waals surface area contributed by atoms with Crippen molar-refractivity contribution in [3.05, 3.63) is 77.8 Å². The summed E-state index contributed by atoms with van der Waals surface area (Å²) in [6.07, 6.45) is 3.68. The van der Waals surface area contributed by atoms with Crippen molar-refractivity contribution in [3.63, 3.8) is 0 Å². The SMILES string of the molecule is COc1ccc(N(CC(=O)Nc2ccc(S(=O)(=O)N3CCCCCC3)cc2)S(=O)(=O)c2ccccc2)cc1Cl. The summed E-state index contributed by atoms with van der Waals surface area (Å²) in [6.45, 7) is 0.428. The Labute approximate surface area is 234 Å². The number of halogens is 1. The molecular weight excluding hydrogens is 562 g/mol. The fraction of sp³-hybridized carbons (Fsp3) is 0.296. The first kappa shape index (κ1) is 28.9. The molecule has 0 aliphatic carbocycles. The number of amides is 1. The molecule has 0 unspecified atom stereocenters. The molecule has 3 aromatic carbocycles. The van der Waals surface area contributed by atoms with E-state index in [0.29, 0.717) is 24.5 Å². The van der Waals surface area contributed by atoms with Gasteiger partial charge >= 0.3 is 0 Å². The van der Waals surface area contributed by atoms with E-state index in [2.05, 4.69) is 5.32 Å². The second-order valence-corrected chi connectivity index (χ2v) is 13.2. The minimum absolute atomic E-state index is 0.00723. The first-order valence-electron chi connectivity index (χ1n) is 12.4. The van der Waals surface area contributed by atoms with Gasteiger partial charge < -0.3 is 10.1 Å². The van der Waals surface area contributed by atoms with Crippen LogP contribution < -0.4 is 14.4 Å². The number of methoxy groups -OCH3 is 1. The fourth-order valence-corrected chi connectivity index (χ4v) is 7.52. The maximum Gasteiger partial charge on any atom is 0.264 e. The van der Waals surface area contributed by atoms with Crippen molar-refractivity contribution in [1.82, 2.24) is 4.31 Å². The number of hydrogen-bond donors (Lipinski definition) is 1. The van der Waals surface area contributed by atoms with Gasteiger partial charge in [-0.25, -0.2) is 16.8 Å². The van der Waals surface area contributed by atoms with Gasteiger partial charge in [-0.3, -0.25) is 9.10 Å². The molecule has 0 bridgehead atoms. The highest BCUT2D eigenvalue weighted by molar-refractivity contribution is 7.92. The van der Waals surface area contributed by atoms with Crippen LogP contribution in [0.15, 0.2) is 82.6 Å². The molecule has 1 amide bonds. The molecule has 0 radical (unpaired) electrons. The molecule has 1 N–H and O–H groups in total. The monoisotopic (exact) mass is 591 g/mol. The highest BCUT2D eigenvalue weighted by Crippen LogP contribution is 2.32. The summed E-state index contributed by atoms with van der Waals surface area (Å²) in [7, 11) is -6.32. The van der Waals surface area contributed by atoms with Gasteiger partial charge in [-0.1, -0.05) is 42.6 Å². The molecule has 39 heavy (non-hydrogen) atoms. The molecule has 208 valence electrons. The minimum Gasteiger partial charge on any atom is -0.495 e. The summed E-state index contributed by atoms with van der Waals surface area (Å²) in [4.78, 5) is 13.2. The van der Waals surface area contributed by atoms with Gasteiger partial charge in [-0.05, 0) is 67.4 Å². The smallest absolute Gasteiger partial charge is 0.264 e. The lowest BCUT2D eigenvalue weighted by Crippen LogP contribution is -2.38. The van der Waals surface area contributed by atoms with Crippen LogP contribution in [0.25, 0.3) is 0 Å². The molecule has 0 atom stereocenters. The van der Waals surface area contributed by atoms with Gasteiger partial charge in [-0.15, -0.1) is 0 Å². The van der Waals surface area contributed by atoms with Gasteiger partial charge in [0.15, 0.2) is 0 Å². The van der Waals surface area contributed by atoms with E-state index in [4.69, 9.17) is 16.3 Å². The summed E-state index contributed by atoms with van der Waals surface area (Å²) in [5.41, 5.74) is 0.512. The summed E-state index contributed by atoms with van der Waals surface area (Å²) < 4.78 is 60.7. The van der Waals surface area contributed by atoms with Crippen LogP contribution in [-0.2, 0) is 24.8 Å². The Morgan fingerprint density at radius 3 is 2.13 bits per heavy atom.